The van der Waals surface area contributed by atoms with E-state index in [-0.39, 0.29) is 11.9 Å². The number of hydrogen-bond acceptors (Lipinski definition) is 4. The molecule has 22 heavy (non-hydrogen) atoms. The van der Waals surface area contributed by atoms with E-state index in [4.69, 9.17) is 11.6 Å². The Morgan fingerprint density at radius 3 is 3.05 bits per heavy atom. The highest BCUT2D eigenvalue weighted by Crippen LogP contribution is 2.21. The topological polar surface area (TPSA) is 72.7 Å². The van der Waals surface area contributed by atoms with E-state index in [1.807, 2.05) is 6.92 Å². The third-order valence-electron chi connectivity index (χ3n) is 3.39. The van der Waals surface area contributed by atoms with Crippen LogP contribution < -0.4 is 5.32 Å². The molecule has 0 aliphatic heterocycles. The number of pyridine rings is 1. The first-order valence-electron chi connectivity index (χ1n) is 6.82. The summed E-state index contributed by atoms with van der Waals surface area (Å²) in [5.41, 5.74) is 1.29. The maximum absolute atomic E-state index is 12.4. The van der Waals surface area contributed by atoms with E-state index in [2.05, 4.69) is 20.4 Å². The van der Waals surface area contributed by atoms with Gasteiger partial charge in [-0.25, -0.2) is 9.67 Å². The lowest BCUT2D eigenvalue weighted by atomic mass is 10.1. The summed E-state index contributed by atoms with van der Waals surface area (Å²) in [6.07, 6.45) is 4.71. The summed E-state index contributed by atoms with van der Waals surface area (Å²) in [7, 11) is 0. The van der Waals surface area contributed by atoms with E-state index in [0.717, 1.165) is 10.9 Å². The zero-order chi connectivity index (χ0) is 15.5. The van der Waals surface area contributed by atoms with Crippen LogP contribution in [0.1, 0.15) is 23.3 Å². The van der Waals surface area contributed by atoms with Gasteiger partial charge in [0.1, 0.15) is 12.7 Å². The molecule has 3 rings (SSSR count). The van der Waals surface area contributed by atoms with E-state index >= 15 is 0 Å². The lowest BCUT2D eigenvalue weighted by Crippen LogP contribution is -2.30. The molecule has 1 aromatic carbocycles. The van der Waals surface area contributed by atoms with Crippen molar-refractivity contribution in [1.29, 1.82) is 0 Å². The van der Waals surface area contributed by atoms with Crippen molar-refractivity contribution in [1.82, 2.24) is 25.1 Å². The Kier molecular flexibility index (Phi) is 4.02. The largest absolute Gasteiger partial charge is 0.350 e. The Morgan fingerprint density at radius 2 is 2.27 bits per heavy atom. The molecule has 0 aliphatic carbocycles. The van der Waals surface area contributed by atoms with Gasteiger partial charge in [0.05, 0.1) is 17.1 Å². The number of carbonyl (C=O) groups is 1. The maximum Gasteiger partial charge on any atom is 0.252 e. The molecule has 0 spiro atoms. The summed E-state index contributed by atoms with van der Waals surface area (Å²) in [5, 5.41) is 8.27. The van der Waals surface area contributed by atoms with E-state index in [0.29, 0.717) is 17.1 Å². The van der Waals surface area contributed by atoms with Gasteiger partial charge in [0.15, 0.2) is 0 Å². The number of amides is 1. The molecule has 0 saturated heterocycles. The molecular weight excluding hydrogens is 302 g/mol. The van der Waals surface area contributed by atoms with Crippen molar-refractivity contribution in [3.05, 3.63) is 53.7 Å². The zero-order valence-corrected chi connectivity index (χ0v) is 12.7. The lowest BCUT2D eigenvalue weighted by Gasteiger charge is -2.13. The number of nitrogens with one attached hydrogen (secondary N) is 1. The average Bonchev–Trinajstić information content (AvgIpc) is 3.06. The third kappa shape index (κ3) is 2.92. The van der Waals surface area contributed by atoms with Gasteiger partial charge in [0.25, 0.3) is 5.91 Å². The Bertz CT molecular complexity index is 803. The molecule has 0 aliphatic rings. The molecule has 6 nitrogen and oxygen atoms in total. The van der Waals surface area contributed by atoms with E-state index in [1.54, 1.807) is 41.5 Å². The fraction of sp³-hybridized carbons (Fsp3) is 0.200. The summed E-state index contributed by atoms with van der Waals surface area (Å²) in [4.78, 5) is 20.6. The Hall–Kier alpha value is -2.47. The average molecular weight is 316 g/mol. The van der Waals surface area contributed by atoms with Crippen molar-refractivity contribution in [2.24, 2.45) is 0 Å². The molecule has 0 fully saturated rings. The Balaban J connectivity index is 1.79. The fourth-order valence-electron chi connectivity index (χ4n) is 2.19. The number of aromatic nitrogens is 4. The first-order valence-corrected chi connectivity index (χ1v) is 7.19. The minimum Gasteiger partial charge on any atom is -0.350 e. The highest BCUT2D eigenvalue weighted by Gasteiger charge is 2.13. The molecule has 1 N–H and O–H groups in total. The standard InChI is InChI=1S/C15H14ClN5O/c1-10(21-9-17-8-20-21)7-19-15(22)12-4-5-18-14-3-2-11(16)6-13(12)14/h2-6,8-10H,7H2,1H3,(H,19,22). The Morgan fingerprint density at radius 1 is 1.41 bits per heavy atom. The van der Waals surface area contributed by atoms with Gasteiger partial charge in [0, 0.05) is 23.2 Å². The molecule has 0 bridgehead atoms. The van der Waals surface area contributed by atoms with Gasteiger partial charge in [0.2, 0.25) is 0 Å². The summed E-state index contributed by atoms with van der Waals surface area (Å²) in [6.45, 7) is 2.41. The molecule has 1 atom stereocenters. The van der Waals surface area contributed by atoms with Crippen LogP contribution in [0.4, 0.5) is 0 Å². The SMILES string of the molecule is CC(CNC(=O)c1ccnc2ccc(Cl)cc12)n1cncn1. The van der Waals surface area contributed by atoms with Crippen molar-refractivity contribution in [2.45, 2.75) is 13.0 Å². The van der Waals surface area contributed by atoms with Gasteiger partial charge in [-0.05, 0) is 31.2 Å². The van der Waals surface area contributed by atoms with Crippen LogP contribution in [0.15, 0.2) is 43.1 Å². The number of hydrogen-bond donors (Lipinski definition) is 1. The normalized spacial score (nSPS) is 12.3. The number of benzene rings is 1. The molecule has 2 aromatic heterocycles. The minimum absolute atomic E-state index is 0.0168. The third-order valence-corrected chi connectivity index (χ3v) is 3.63. The van der Waals surface area contributed by atoms with Crippen molar-refractivity contribution >= 4 is 28.4 Å². The number of rotatable bonds is 4. The number of fused-ring (bicyclic) bond motifs is 1. The fourth-order valence-corrected chi connectivity index (χ4v) is 2.36. The second kappa shape index (κ2) is 6.11. The number of halogens is 1. The maximum atomic E-state index is 12.4. The van der Waals surface area contributed by atoms with Crippen LogP contribution in [0.25, 0.3) is 10.9 Å². The van der Waals surface area contributed by atoms with Crippen molar-refractivity contribution in [3.8, 4) is 0 Å². The molecule has 112 valence electrons. The van der Waals surface area contributed by atoms with Gasteiger partial charge < -0.3 is 5.32 Å². The first-order chi connectivity index (χ1) is 10.6. The predicted octanol–water partition coefficient (Wildman–Crippen LogP) is 2.47. The van der Waals surface area contributed by atoms with Crippen LogP contribution in [-0.4, -0.2) is 32.2 Å². The minimum atomic E-state index is -0.165. The van der Waals surface area contributed by atoms with Crippen molar-refractivity contribution in [3.63, 3.8) is 0 Å². The van der Waals surface area contributed by atoms with E-state index in [9.17, 15) is 4.79 Å². The van der Waals surface area contributed by atoms with Crippen LogP contribution in [0.3, 0.4) is 0 Å². The van der Waals surface area contributed by atoms with Crippen LogP contribution in [0.5, 0.6) is 0 Å². The van der Waals surface area contributed by atoms with Crippen LogP contribution in [-0.2, 0) is 0 Å². The summed E-state index contributed by atoms with van der Waals surface area (Å²) >= 11 is 6.01. The molecular formula is C15H14ClN5O. The highest BCUT2D eigenvalue weighted by molar-refractivity contribution is 6.31. The van der Waals surface area contributed by atoms with Crippen molar-refractivity contribution < 1.29 is 4.79 Å². The summed E-state index contributed by atoms with van der Waals surface area (Å²) < 4.78 is 1.70. The smallest absolute Gasteiger partial charge is 0.252 e. The molecule has 1 amide bonds. The zero-order valence-electron chi connectivity index (χ0n) is 11.9. The van der Waals surface area contributed by atoms with E-state index < -0.39 is 0 Å². The monoisotopic (exact) mass is 315 g/mol. The van der Waals surface area contributed by atoms with Crippen LogP contribution >= 0.6 is 11.6 Å². The summed E-state index contributed by atoms with van der Waals surface area (Å²) in [6, 6.07) is 7.01. The number of nitrogens with zero attached hydrogens (tertiary/aromatic N) is 4. The molecule has 2 heterocycles. The highest BCUT2D eigenvalue weighted by atomic mass is 35.5. The molecule has 0 radical (unpaired) electrons. The lowest BCUT2D eigenvalue weighted by molar-refractivity contribution is 0.0949. The number of carbonyl (C=O) groups excluding carboxylic acids is 1. The Labute approximate surface area is 132 Å². The quantitative estimate of drug-likeness (QED) is 0.802. The molecule has 3 aromatic rings. The second-order valence-corrected chi connectivity index (χ2v) is 5.39. The van der Waals surface area contributed by atoms with Crippen molar-refractivity contribution in [2.75, 3.05) is 6.54 Å². The van der Waals surface area contributed by atoms with Gasteiger partial charge in [-0.3, -0.25) is 9.78 Å². The molecule has 7 heteroatoms. The van der Waals surface area contributed by atoms with E-state index in [1.165, 1.54) is 6.33 Å². The van der Waals surface area contributed by atoms with Gasteiger partial charge in [-0.2, -0.15) is 5.10 Å². The van der Waals surface area contributed by atoms with Crippen LogP contribution in [0, 0.1) is 0 Å². The first kappa shape index (κ1) is 14.5. The van der Waals surface area contributed by atoms with Crippen LogP contribution in [0.2, 0.25) is 5.02 Å². The molecule has 1 unspecified atom stereocenters. The molecule has 0 saturated carbocycles. The summed E-state index contributed by atoms with van der Waals surface area (Å²) in [5.74, 6) is -0.165. The van der Waals surface area contributed by atoms with Gasteiger partial charge in [-0.15, -0.1) is 0 Å². The van der Waals surface area contributed by atoms with Gasteiger partial charge in [-0.1, -0.05) is 11.6 Å². The second-order valence-electron chi connectivity index (χ2n) is 4.95. The van der Waals surface area contributed by atoms with Gasteiger partial charge >= 0.3 is 0 Å². The predicted molar refractivity (Wildman–Crippen MR) is 83.8 cm³/mol.